The first kappa shape index (κ1) is 15.0. The molecule has 0 aromatic heterocycles. The Morgan fingerprint density at radius 3 is 2.17 bits per heavy atom. The predicted octanol–water partition coefficient (Wildman–Crippen LogP) is 3.19. The van der Waals surface area contributed by atoms with Crippen LogP contribution in [0.4, 0.5) is 5.69 Å². The van der Waals surface area contributed by atoms with Crippen molar-refractivity contribution in [3.8, 4) is 5.75 Å². The second-order valence-electron chi connectivity index (χ2n) is 7.83. The van der Waals surface area contributed by atoms with E-state index in [2.05, 4.69) is 10.6 Å². The van der Waals surface area contributed by atoms with E-state index in [4.69, 9.17) is 4.74 Å². The summed E-state index contributed by atoms with van der Waals surface area (Å²) in [4.78, 5) is 12.3. The zero-order valence-corrected chi connectivity index (χ0v) is 13.8. The lowest BCUT2D eigenvalue weighted by molar-refractivity contribution is -0.116. The van der Waals surface area contributed by atoms with Crippen LogP contribution in [0, 0.1) is 17.8 Å². The maximum Gasteiger partial charge on any atom is 0.238 e. The summed E-state index contributed by atoms with van der Waals surface area (Å²) in [6, 6.07) is 7.48. The van der Waals surface area contributed by atoms with E-state index in [0.29, 0.717) is 6.54 Å². The molecule has 4 heteroatoms. The van der Waals surface area contributed by atoms with E-state index in [1.165, 1.54) is 38.5 Å². The Morgan fingerprint density at radius 1 is 1.09 bits per heavy atom. The van der Waals surface area contributed by atoms with Gasteiger partial charge in [-0.05, 0) is 80.5 Å². The smallest absolute Gasteiger partial charge is 0.238 e. The molecule has 4 aliphatic carbocycles. The summed E-state index contributed by atoms with van der Waals surface area (Å²) in [5.74, 6) is 3.55. The van der Waals surface area contributed by atoms with Crippen LogP contribution >= 0.6 is 0 Å². The predicted molar refractivity (Wildman–Crippen MR) is 90.5 cm³/mol. The molecule has 0 unspecified atom stereocenters. The summed E-state index contributed by atoms with van der Waals surface area (Å²) in [7, 11) is 1.64. The molecule has 0 heterocycles. The Balaban J connectivity index is 1.32. The first-order valence-corrected chi connectivity index (χ1v) is 8.83. The van der Waals surface area contributed by atoms with Crippen molar-refractivity contribution in [1.29, 1.82) is 0 Å². The van der Waals surface area contributed by atoms with Crippen LogP contribution in [0.1, 0.15) is 38.5 Å². The molecule has 4 saturated carbocycles. The van der Waals surface area contributed by atoms with E-state index >= 15 is 0 Å². The van der Waals surface area contributed by atoms with Crippen molar-refractivity contribution in [1.82, 2.24) is 5.32 Å². The molecule has 2 N–H and O–H groups in total. The van der Waals surface area contributed by atoms with E-state index in [9.17, 15) is 4.79 Å². The molecule has 1 amide bonds. The summed E-state index contributed by atoms with van der Waals surface area (Å²) in [5.41, 5.74) is 1.06. The van der Waals surface area contributed by atoms with Crippen LogP contribution in [-0.4, -0.2) is 25.1 Å². The fraction of sp³-hybridized carbons (Fsp3) is 0.632. The lowest BCUT2D eigenvalue weighted by atomic mass is 9.53. The van der Waals surface area contributed by atoms with Gasteiger partial charge in [-0.15, -0.1) is 0 Å². The Labute approximate surface area is 138 Å². The lowest BCUT2D eigenvalue weighted by Crippen LogP contribution is -2.59. The van der Waals surface area contributed by atoms with Crippen LogP contribution in [0.25, 0.3) is 0 Å². The maximum atomic E-state index is 12.3. The van der Waals surface area contributed by atoms with Gasteiger partial charge in [0, 0.05) is 11.2 Å². The van der Waals surface area contributed by atoms with Crippen LogP contribution in [0.5, 0.6) is 5.75 Å². The fourth-order valence-corrected chi connectivity index (χ4v) is 5.47. The summed E-state index contributed by atoms with van der Waals surface area (Å²) in [6.45, 7) is 0.415. The highest BCUT2D eigenvalue weighted by atomic mass is 16.5. The van der Waals surface area contributed by atoms with Gasteiger partial charge in [0.2, 0.25) is 5.91 Å². The molecule has 4 nitrogen and oxygen atoms in total. The average molecular weight is 314 g/mol. The minimum Gasteiger partial charge on any atom is -0.497 e. The molecular weight excluding hydrogens is 288 g/mol. The van der Waals surface area contributed by atoms with Crippen molar-refractivity contribution in [3.05, 3.63) is 24.3 Å². The van der Waals surface area contributed by atoms with E-state index < -0.39 is 0 Å². The Hall–Kier alpha value is -1.55. The fourth-order valence-electron chi connectivity index (χ4n) is 5.47. The topological polar surface area (TPSA) is 50.4 Å². The van der Waals surface area contributed by atoms with Gasteiger partial charge in [0.1, 0.15) is 5.75 Å². The third-order valence-corrected chi connectivity index (χ3v) is 6.04. The van der Waals surface area contributed by atoms with Gasteiger partial charge < -0.3 is 15.4 Å². The minimum absolute atomic E-state index is 0.0471. The van der Waals surface area contributed by atoms with Crippen molar-refractivity contribution in [2.75, 3.05) is 19.0 Å². The van der Waals surface area contributed by atoms with Crippen molar-refractivity contribution in [3.63, 3.8) is 0 Å². The van der Waals surface area contributed by atoms with Crippen molar-refractivity contribution in [2.24, 2.45) is 17.8 Å². The third kappa shape index (κ3) is 3.09. The number of carbonyl (C=O) groups excluding carboxylic acids is 1. The number of ether oxygens (including phenoxy) is 1. The number of amides is 1. The van der Waals surface area contributed by atoms with E-state index in [1.807, 2.05) is 24.3 Å². The number of hydrogen-bond acceptors (Lipinski definition) is 3. The van der Waals surface area contributed by atoms with Crippen LogP contribution < -0.4 is 15.4 Å². The Bertz CT molecular complexity index is 546. The van der Waals surface area contributed by atoms with Crippen molar-refractivity contribution >= 4 is 11.6 Å². The van der Waals surface area contributed by atoms with Crippen LogP contribution in [0.2, 0.25) is 0 Å². The first-order chi connectivity index (χ1) is 11.1. The number of methoxy groups -OCH3 is 1. The monoisotopic (exact) mass is 314 g/mol. The first-order valence-electron chi connectivity index (χ1n) is 8.83. The number of anilines is 1. The van der Waals surface area contributed by atoms with Gasteiger partial charge in [-0.2, -0.15) is 0 Å². The van der Waals surface area contributed by atoms with Crippen molar-refractivity contribution < 1.29 is 9.53 Å². The largest absolute Gasteiger partial charge is 0.497 e. The van der Waals surface area contributed by atoms with E-state index in [1.54, 1.807) is 7.11 Å². The molecule has 0 atom stereocenters. The number of rotatable bonds is 5. The quantitative estimate of drug-likeness (QED) is 0.877. The van der Waals surface area contributed by atoms with Crippen LogP contribution in [0.3, 0.4) is 0 Å². The van der Waals surface area contributed by atoms with Gasteiger partial charge in [0.15, 0.2) is 0 Å². The molecule has 4 aliphatic rings. The molecule has 23 heavy (non-hydrogen) atoms. The molecule has 0 radical (unpaired) electrons. The van der Waals surface area contributed by atoms with E-state index in [-0.39, 0.29) is 11.4 Å². The highest BCUT2D eigenvalue weighted by Gasteiger charge is 2.50. The summed E-state index contributed by atoms with van der Waals surface area (Å²) >= 11 is 0. The molecule has 4 fully saturated rings. The van der Waals surface area contributed by atoms with E-state index in [0.717, 1.165) is 29.2 Å². The maximum absolute atomic E-state index is 12.3. The van der Waals surface area contributed by atoms with Gasteiger partial charge in [0.25, 0.3) is 0 Å². The Morgan fingerprint density at radius 2 is 1.65 bits per heavy atom. The molecule has 1 aromatic rings. The van der Waals surface area contributed by atoms with Gasteiger partial charge in [-0.25, -0.2) is 0 Å². The Kier molecular flexibility index (Phi) is 3.80. The third-order valence-electron chi connectivity index (χ3n) is 6.04. The second kappa shape index (κ2) is 5.82. The number of hydrogen-bond donors (Lipinski definition) is 2. The number of carbonyl (C=O) groups is 1. The molecule has 0 spiro atoms. The van der Waals surface area contributed by atoms with Crippen LogP contribution in [-0.2, 0) is 4.79 Å². The zero-order chi connectivity index (χ0) is 15.9. The van der Waals surface area contributed by atoms with Gasteiger partial charge in [0.05, 0.1) is 13.7 Å². The van der Waals surface area contributed by atoms with Gasteiger partial charge in [-0.1, -0.05) is 0 Å². The van der Waals surface area contributed by atoms with Crippen LogP contribution in [0.15, 0.2) is 24.3 Å². The molecule has 0 aliphatic heterocycles. The standard InChI is InChI=1S/C19H26N2O2/c1-23-17-4-2-16(3-5-17)21-18(22)12-20-19-9-13-6-14(10-19)8-15(7-13)11-19/h2-5,13-15,20H,6-12H2,1H3,(H,21,22). The highest BCUT2D eigenvalue weighted by molar-refractivity contribution is 5.92. The minimum atomic E-state index is 0.0471. The second-order valence-corrected chi connectivity index (χ2v) is 7.83. The molecule has 124 valence electrons. The number of nitrogens with one attached hydrogen (secondary N) is 2. The average Bonchev–Trinajstić information content (AvgIpc) is 2.53. The molecule has 0 saturated heterocycles. The summed E-state index contributed by atoms with van der Waals surface area (Å²) < 4.78 is 5.13. The summed E-state index contributed by atoms with van der Waals surface area (Å²) in [5, 5.41) is 6.60. The molecular formula is C19H26N2O2. The molecule has 4 bridgehead atoms. The highest BCUT2D eigenvalue weighted by Crippen LogP contribution is 2.55. The molecule has 1 aromatic carbocycles. The van der Waals surface area contributed by atoms with Gasteiger partial charge >= 0.3 is 0 Å². The SMILES string of the molecule is COc1ccc(NC(=O)CNC23CC4CC(CC(C4)C2)C3)cc1. The summed E-state index contributed by atoms with van der Waals surface area (Å²) in [6.07, 6.45) is 8.11. The zero-order valence-electron chi connectivity index (χ0n) is 13.8. The normalized spacial score (nSPS) is 34.4. The van der Waals surface area contributed by atoms with Gasteiger partial charge in [-0.3, -0.25) is 4.79 Å². The molecule has 5 rings (SSSR count). The lowest BCUT2D eigenvalue weighted by Gasteiger charge is -2.57. The number of benzene rings is 1. The van der Waals surface area contributed by atoms with Crippen molar-refractivity contribution in [2.45, 2.75) is 44.1 Å².